The smallest absolute Gasteiger partial charge is 0.145 e. The van der Waals surface area contributed by atoms with Crippen molar-refractivity contribution in [2.24, 2.45) is 0 Å². The molecule has 1 aromatic heterocycles. The van der Waals surface area contributed by atoms with E-state index < -0.39 is 0 Å². The molecule has 88 valence electrons. The van der Waals surface area contributed by atoms with Gasteiger partial charge in [0.05, 0.1) is 5.02 Å². The number of nitrogens with one attached hydrogen (secondary N) is 1. The molecule has 0 aliphatic heterocycles. The number of hydrogen-bond acceptors (Lipinski definition) is 2. The predicted molar refractivity (Wildman–Crippen MR) is 78.4 cm³/mol. The van der Waals surface area contributed by atoms with Crippen LogP contribution in [-0.2, 0) is 6.54 Å². The van der Waals surface area contributed by atoms with Gasteiger partial charge in [0.25, 0.3) is 0 Å². The van der Waals surface area contributed by atoms with Crippen molar-refractivity contribution in [3.8, 4) is 0 Å². The fraction of sp³-hybridized carbons (Fsp3) is 0.0833. The van der Waals surface area contributed by atoms with E-state index in [0.29, 0.717) is 17.4 Å². The molecule has 2 rings (SSSR count). The first kappa shape index (κ1) is 12.9. The summed E-state index contributed by atoms with van der Waals surface area (Å²) >= 11 is 12.8. The Hall–Kier alpha value is -0.580. The number of pyridine rings is 1. The summed E-state index contributed by atoms with van der Waals surface area (Å²) in [5, 5.41) is 3.80. The average molecular weight is 376 g/mol. The summed E-state index contributed by atoms with van der Waals surface area (Å²) in [6, 6.07) is 9.91. The number of aromatic nitrogens is 1. The highest BCUT2D eigenvalue weighted by molar-refractivity contribution is 9.10. The standard InChI is InChI=1S/C12H9Br2ClN2/c13-9-3-1-2-8(4-9)6-16-12-11(15)5-10(14)7-17-12/h1-5,7H,6H2,(H,16,17). The van der Waals surface area contributed by atoms with Crippen molar-refractivity contribution in [1.82, 2.24) is 4.98 Å². The summed E-state index contributed by atoms with van der Waals surface area (Å²) in [5.41, 5.74) is 1.17. The van der Waals surface area contributed by atoms with Crippen molar-refractivity contribution in [1.29, 1.82) is 0 Å². The van der Waals surface area contributed by atoms with E-state index in [1.165, 1.54) is 5.56 Å². The first-order valence-electron chi connectivity index (χ1n) is 4.94. The van der Waals surface area contributed by atoms with E-state index in [0.717, 1.165) is 8.95 Å². The van der Waals surface area contributed by atoms with Gasteiger partial charge in [0, 0.05) is 21.7 Å². The molecule has 1 heterocycles. The van der Waals surface area contributed by atoms with Crippen LogP contribution in [0.3, 0.4) is 0 Å². The molecule has 0 unspecified atom stereocenters. The molecule has 0 saturated carbocycles. The highest BCUT2D eigenvalue weighted by Crippen LogP contribution is 2.23. The van der Waals surface area contributed by atoms with Crippen LogP contribution in [0.2, 0.25) is 5.02 Å². The van der Waals surface area contributed by atoms with E-state index in [1.54, 1.807) is 6.20 Å². The van der Waals surface area contributed by atoms with Crippen LogP contribution >= 0.6 is 43.5 Å². The van der Waals surface area contributed by atoms with Crippen molar-refractivity contribution in [2.45, 2.75) is 6.54 Å². The van der Waals surface area contributed by atoms with Gasteiger partial charge in [0.2, 0.25) is 0 Å². The minimum Gasteiger partial charge on any atom is -0.365 e. The van der Waals surface area contributed by atoms with Crippen LogP contribution < -0.4 is 5.32 Å². The summed E-state index contributed by atoms with van der Waals surface area (Å²) in [6.07, 6.45) is 1.72. The third kappa shape index (κ3) is 3.69. The van der Waals surface area contributed by atoms with Gasteiger partial charge >= 0.3 is 0 Å². The van der Waals surface area contributed by atoms with Crippen molar-refractivity contribution < 1.29 is 0 Å². The Morgan fingerprint density at radius 2 is 2.00 bits per heavy atom. The fourth-order valence-corrected chi connectivity index (χ4v) is 2.52. The van der Waals surface area contributed by atoms with Crippen LogP contribution in [0.5, 0.6) is 0 Å². The third-order valence-electron chi connectivity index (χ3n) is 2.16. The maximum atomic E-state index is 6.06. The van der Waals surface area contributed by atoms with E-state index >= 15 is 0 Å². The number of halogens is 3. The molecule has 5 heteroatoms. The average Bonchev–Trinajstić information content (AvgIpc) is 2.28. The van der Waals surface area contributed by atoms with Crippen molar-refractivity contribution >= 4 is 49.3 Å². The molecule has 2 aromatic rings. The minimum atomic E-state index is 0.606. The molecule has 0 aliphatic rings. The van der Waals surface area contributed by atoms with Gasteiger partial charge in [-0.15, -0.1) is 0 Å². The quantitative estimate of drug-likeness (QED) is 0.826. The van der Waals surface area contributed by atoms with Crippen LogP contribution in [0, 0.1) is 0 Å². The van der Waals surface area contributed by atoms with Gasteiger partial charge in [-0.2, -0.15) is 0 Å². The van der Waals surface area contributed by atoms with E-state index in [4.69, 9.17) is 11.6 Å². The molecular formula is C12H9Br2ClN2. The zero-order chi connectivity index (χ0) is 12.3. The van der Waals surface area contributed by atoms with E-state index in [2.05, 4.69) is 48.2 Å². The molecule has 0 spiro atoms. The van der Waals surface area contributed by atoms with Gasteiger partial charge in [-0.3, -0.25) is 0 Å². The second-order valence-electron chi connectivity index (χ2n) is 3.47. The monoisotopic (exact) mass is 374 g/mol. The fourth-order valence-electron chi connectivity index (χ4n) is 1.38. The lowest BCUT2D eigenvalue weighted by Gasteiger charge is -2.07. The maximum Gasteiger partial charge on any atom is 0.145 e. The lowest BCUT2D eigenvalue weighted by atomic mass is 10.2. The Labute approximate surface area is 122 Å². The van der Waals surface area contributed by atoms with Crippen LogP contribution in [0.15, 0.2) is 45.5 Å². The van der Waals surface area contributed by atoms with Crippen molar-refractivity contribution in [3.63, 3.8) is 0 Å². The van der Waals surface area contributed by atoms with Gasteiger partial charge in [0.15, 0.2) is 0 Å². The van der Waals surface area contributed by atoms with Crippen LogP contribution in [0.4, 0.5) is 5.82 Å². The van der Waals surface area contributed by atoms with Gasteiger partial charge < -0.3 is 5.32 Å². The Kier molecular flexibility index (Phi) is 4.42. The molecule has 2 nitrogen and oxygen atoms in total. The summed E-state index contributed by atoms with van der Waals surface area (Å²) in [7, 11) is 0. The highest BCUT2D eigenvalue weighted by Gasteiger charge is 2.02. The molecule has 17 heavy (non-hydrogen) atoms. The summed E-state index contributed by atoms with van der Waals surface area (Å²) in [5.74, 6) is 0.690. The topological polar surface area (TPSA) is 24.9 Å². The Bertz CT molecular complexity index is 532. The molecule has 0 aliphatic carbocycles. The normalized spacial score (nSPS) is 10.3. The second kappa shape index (κ2) is 5.85. The molecule has 0 amide bonds. The Morgan fingerprint density at radius 1 is 1.18 bits per heavy atom. The van der Waals surface area contributed by atoms with Crippen molar-refractivity contribution in [2.75, 3.05) is 5.32 Å². The molecular weight excluding hydrogens is 367 g/mol. The number of benzene rings is 1. The third-order valence-corrected chi connectivity index (χ3v) is 3.37. The number of anilines is 1. The maximum absolute atomic E-state index is 6.06. The predicted octanol–water partition coefficient (Wildman–Crippen LogP) is 4.87. The van der Waals surface area contributed by atoms with Gasteiger partial charge in [-0.25, -0.2) is 4.98 Å². The molecule has 0 radical (unpaired) electrons. The zero-order valence-corrected chi connectivity index (χ0v) is 12.7. The minimum absolute atomic E-state index is 0.606. The largest absolute Gasteiger partial charge is 0.365 e. The van der Waals surface area contributed by atoms with Crippen molar-refractivity contribution in [3.05, 3.63) is 56.1 Å². The van der Waals surface area contributed by atoms with Crippen LogP contribution in [0.1, 0.15) is 5.56 Å². The lowest BCUT2D eigenvalue weighted by Crippen LogP contribution is -2.01. The number of hydrogen-bond donors (Lipinski definition) is 1. The van der Waals surface area contributed by atoms with Gasteiger partial charge in [-0.1, -0.05) is 39.7 Å². The molecule has 0 atom stereocenters. The molecule has 0 bridgehead atoms. The number of nitrogens with zero attached hydrogens (tertiary/aromatic N) is 1. The van der Waals surface area contributed by atoms with Crippen LogP contribution in [0.25, 0.3) is 0 Å². The van der Waals surface area contributed by atoms with E-state index in [-0.39, 0.29) is 0 Å². The molecule has 1 aromatic carbocycles. The Balaban J connectivity index is 2.07. The van der Waals surface area contributed by atoms with E-state index in [9.17, 15) is 0 Å². The molecule has 0 saturated heterocycles. The lowest BCUT2D eigenvalue weighted by molar-refractivity contribution is 1.11. The summed E-state index contributed by atoms with van der Waals surface area (Å²) in [6.45, 7) is 0.688. The molecule has 1 N–H and O–H groups in total. The van der Waals surface area contributed by atoms with Crippen LogP contribution in [-0.4, -0.2) is 4.98 Å². The SMILES string of the molecule is Clc1cc(Br)cnc1NCc1cccc(Br)c1. The highest BCUT2D eigenvalue weighted by atomic mass is 79.9. The zero-order valence-electron chi connectivity index (χ0n) is 8.75. The first-order valence-corrected chi connectivity index (χ1v) is 6.91. The summed E-state index contributed by atoms with van der Waals surface area (Å²) in [4.78, 5) is 4.21. The second-order valence-corrected chi connectivity index (χ2v) is 5.71. The summed E-state index contributed by atoms with van der Waals surface area (Å²) < 4.78 is 1.93. The van der Waals surface area contributed by atoms with Gasteiger partial charge in [0.1, 0.15) is 5.82 Å². The first-order chi connectivity index (χ1) is 8.15. The van der Waals surface area contributed by atoms with E-state index in [1.807, 2.05) is 24.3 Å². The number of rotatable bonds is 3. The molecule has 0 fully saturated rings. The van der Waals surface area contributed by atoms with Gasteiger partial charge in [-0.05, 0) is 39.7 Å². The Morgan fingerprint density at radius 3 is 2.71 bits per heavy atom.